The van der Waals surface area contributed by atoms with Crippen molar-refractivity contribution in [3.8, 4) is 22.3 Å². The third-order valence-electron chi connectivity index (χ3n) is 16.4. The van der Waals surface area contributed by atoms with Crippen molar-refractivity contribution in [1.82, 2.24) is 0 Å². The summed E-state index contributed by atoms with van der Waals surface area (Å²) in [7, 11) is 0. The lowest BCUT2D eigenvalue weighted by atomic mass is 9.82. The third kappa shape index (κ3) is 5.72. The molecule has 0 amide bonds. The van der Waals surface area contributed by atoms with Crippen LogP contribution in [0.5, 0.6) is 0 Å². The topological polar surface area (TPSA) is 6.48 Å². The summed E-state index contributed by atoms with van der Waals surface area (Å²) in [6, 6.07) is 83.1. The molecule has 0 unspecified atom stereocenters. The van der Waals surface area contributed by atoms with E-state index in [0.29, 0.717) is 0 Å². The molecule has 13 aromatic carbocycles. The largest absolute Gasteiger partial charge is 0.314 e. The van der Waals surface area contributed by atoms with Crippen LogP contribution >= 0.6 is 0 Å². The molecule has 1 aliphatic carbocycles. The van der Waals surface area contributed by atoms with Crippen molar-refractivity contribution >= 4 is 104 Å². The van der Waals surface area contributed by atoms with E-state index in [1.807, 2.05) is 0 Å². The fraction of sp³-hybridized carbons (Fsp3) is 0.0571. The zero-order valence-electron chi connectivity index (χ0n) is 39.7. The van der Waals surface area contributed by atoms with E-state index in [-0.39, 0.29) is 0 Å². The van der Waals surface area contributed by atoms with Gasteiger partial charge < -0.3 is 9.80 Å². The molecule has 0 aromatic heterocycles. The number of rotatable bonds is 4. The predicted octanol–water partition coefficient (Wildman–Crippen LogP) is 19.2. The molecule has 2 aliphatic heterocycles. The summed E-state index contributed by atoms with van der Waals surface area (Å²) in [5.74, 6) is 0. The van der Waals surface area contributed by atoms with Crippen molar-refractivity contribution in [1.29, 1.82) is 0 Å². The minimum absolute atomic E-state index is 0.913. The van der Waals surface area contributed by atoms with Gasteiger partial charge >= 0.3 is 0 Å². The fourth-order valence-corrected chi connectivity index (χ4v) is 13.3. The highest BCUT2D eigenvalue weighted by Crippen LogP contribution is 2.53. The molecule has 0 saturated carbocycles. The Morgan fingerprint density at radius 1 is 0.333 bits per heavy atom. The molecule has 2 heterocycles. The van der Waals surface area contributed by atoms with E-state index in [2.05, 4.69) is 240 Å². The lowest BCUT2D eigenvalue weighted by Gasteiger charge is -2.37. The maximum absolute atomic E-state index is 2.59. The van der Waals surface area contributed by atoms with E-state index in [1.165, 1.54) is 148 Å². The van der Waals surface area contributed by atoms with E-state index in [1.54, 1.807) is 0 Å². The second kappa shape index (κ2) is 15.3. The second-order valence-corrected chi connectivity index (χ2v) is 20.2. The molecule has 2 nitrogen and oxygen atoms in total. The van der Waals surface area contributed by atoms with Crippen LogP contribution in [0.3, 0.4) is 0 Å². The van der Waals surface area contributed by atoms with Crippen molar-refractivity contribution in [3.05, 3.63) is 259 Å². The van der Waals surface area contributed by atoms with Crippen molar-refractivity contribution in [2.45, 2.75) is 25.7 Å². The van der Waals surface area contributed by atoms with Gasteiger partial charge in [0.2, 0.25) is 0 Å². The van der Waals surface area contributed by atoms with E-state index in [4.69, 9.17) is 0 Å². The van der Waals surface area contributed by atoms with Gasteiger partial charge in [-0.25, -0.2) is 0 Å². The Bertz CT molecular complexity index is 4440. The molecule has 72 heavy (non-hydrogen) atoms. The van der Waals surface area contributed by atoms with Crippen LogP contribution < -0.4 is 9.80 Å². The molecule has 0 fully saturated rings. The zero-order chi connectivity index (χ0) is 47.0. The van der Waals surface area contributed by atoms with E-state index < -0.39 is 0 Å². The molecule has 0 bridgehead atoms. The van der Waals surface area contributed by atoms with E-state index in [0.717, 1.165) is 31.4 Å². The highest BCUT2D eigenvalue weighted by molar-refractivity contribution is 6.35. The molecule has 2 heteroatoms. The number of allylic oxidation sites excluding steroid dienone is 4. The Balaban J connectivity index is 1.06. The van der Waals surface area contributed by atoms with Gasteiger partial charge in [0, 0.05) is 47.0 Å². The first-order valence-corrected chi connectivity index (χ1v) is 25.6. The molecule has 0 radical (unpaired) electrons. The molecular weight excluding hydrogens is 869 g/mol. The standard InChI is InChI=1S/C70H46N2/c1-2-15-45-38-50(31-30-43(45)14-1)68-59-34-32-52(72-65-28-9-5-18-48(65)40-49-19-6-10-29-66(49)72)42-62(59)70(58-37-36-57-54-23-12-21-44-20-11-22-53(67(44)54)55-24-13-25-56(58)69(55)57)60-35-33-51(41-61(60)68)71-63-26-7-3-16-46(63)39-47-17-4-8-27-64(47)71/h1-9,11-28,30-38,41-42H,10,29,39-40H2. The summed E-state index contributed by atoms with van der Waals surface area (Å²) in [6.45, 7) is 0. The fourth-order valence-electron chi connectivity index (χ4n) is 13.3. The Morgan fingerprint density at radius 2 is 0.875 bits per heavy atom. The number of anilines is 5. The molecule has 0 atom stereocenters. The summed E-state index contributed by atoms with van der Waals surface area (Å²) in [5.41, 5.74) is 18.0. The van der Waals surface area contributed by atoms with Crippen LogP contribution in [-0.4, -0.2) is 0 Å². The summed E-state index contributed by atoms with van der Waals surface area (Å²) in [4.78, 5) is 5.09. The number of benzene rings is 13. The maximum Gasteiger partial charge on any atom is 0.0497 e. The Hall–Kier alpha value is -8.98. The predicted molar refractivity (Wildman–Crippen MR) is 306 cm³/mol. The van der Waals surface area contributed by atoms with Gasteiger partial charge in [-0.3, -0.25) is 0 Å². The molecule has 3 aliphatic rings. The first kappa shape index (κ1) is 39.8. The lowest BCUT2D eigenvalue weighted by molar-refractivity contribution is 0.859. The molecule has 16 rings (SSSR count). The summed E-state index contributed by atoms with van der Waals surface area (Å²) in [5, 5.41) is 17.9. The number of fused-ring (bicyclic) bond motifs is 8. The van der Waals surface area contributed by atoms with Crippen molar-refractivity contribution in [2.24, 2.45) is 0 Å². The molecule has 13 aromatic rings. The van der Waals surface area contributed by atoms with Crippen LogP contribution in [0.15, 0.2) is 242 Å². The highest BCUT2D eigenvalue weighted by atomic mass is 15.2. The van der Waals surface area contributed by atoms with Gasteiger partial charge in [0.25, 0.3) is 0 Å². The van der Waals surface area contributed by atoms with Gasteiger partial charge in [0.05, 0.1) is 0 Å². The molecule has 336 valence electrons. The zero-order valence-corrected chi connectivity index (χ0v) is 39.7. The van der Waals surface area contributed by atoms with Crippen LogP contribution in [-0.2, 0) is 12.8 Å². The Kier molecular flexibility index (Phi) is 8.44. The maximum atomic E-state index is 2.59. The minimum atomic E-state index is 0.913. The van der Waals surface area contributed by atoms with Crippen molar-refractivity contribution in [2.75, 3.05) is 9.80 Å². The highest BCUT2D eigenvalue weighted by Gasteiger charge is 2.30. The van der Waals surface area contributed by atoms with Gasteiger partial charge in [-0.1, -0.05) is 182 Å². The minimum Gasteiger partial charge on any atom is -0.314 e. The van der Waals surface area contributed by atoms with Gasteiger partial charge in [-0.2, -0.15) is 0 Å². The van der Waals surface area contributed by atoms with Gasteiger partial charge in [-0.15, -0.1) is 0 Å². The second-order valence-electron chi connectivity index (χ2n) is 20.2. The Morgan fingerprint density at radius 3 is 1.61 bits per heavy atom. The smallest absolute Gasteiger partial charge is 0.0497 e. The number of para-hydroxylation sites is 3. The lowest BCUT2D eigenvalue weighted by Crippen LogP contribution is -2.24. The monoisotopic (exact) mass is 914 g/mol. The molecule has 0 spiro atoms. The van der Waals surface area contributed by atoms with Gasteiger partial charge in [-0.05, 0) is 181 Å². The van der Waals surface area contributed by atoms with E-state index in [9.17, 15) is 0 Å². The average Bonchev–Trinajstić information content (AvgIpc) is 3.44. The van der Waals surface area contributed by atoms with Crippen LogP contribution in [0, 0.1) is 0 Å². The van der Waals surface area contributed by atoms with Crippen molar-refractivity contribution < 1.29 is 0 Å². The SMILES string of the molecule is C1=CC2=C(CC1)N(c1ccc3c(-c4ccc5ccccc5c4)c4cc(N5c6ccccc6Cc6ccccc65)ccc4c(-c4ccc5c6cccc7cccc(c8cccc4c85)c76)c3c1)c1ccccc1C2. The summed E-state index contributed by atoms with van der Waals surface area (Å²) >= 11 is 0. The molecule has 0 saturated heterocycles. The van der Waals surface area contributed by atoms with Gasteiger partial charge in [0.1, 0.15) is 0 Å². The van der Waals surface area contributed by atoms with Crippen LogP contribution in [0.4, 0.5) is 28.4 Å². The van der Waals surface area contributed by atoms with E-state index >= 15 is 0 Å². The average molecular weight is 915 g/mol. The van der Waals surface area contributed by atoms with Crippen LogP contribution in [0.1, 0.15) is 29.5 Å². The number of hydrogen-bond acceptors (Lipinski definition) is 2. The van der Waals surface area contributed by atoms with Crippen molar-refractivity contribution in [3.63, 3.8) is 0 Å². The quantitative estimate of drug-likeness (QED) is 0.128. The normalized spacial score (nSPS) is 14.3. The summed E-state index contributed by atoms with van der Waals surface area (Å²) < 4.78 is 0. The van der Waals surface area contributed by atoms with Crippen LogP contribution in [0.2, 0.25) is 0 Å². The first-order valence-electron chi connectivity index (χ1n) is 25.6. The number of nitrogens with zero attached hydrogens (tertiary/aromatic N) is 2. The molecule has 0 N–H and O–H groups in total. The summed E-state index contributed by atoms with van der Waals surface area (Å²) in [6.07, 6.45) is 8.66. The number of hydrogen-bond donors (Lipinski definition) is 0. The third-order valence-corrected chi connectivity index (χ3v) is 16.4. The molecular formula is C70H46N2. The van der Waals surface area contributed by atoms with Gasteiger partial charge in [0.15, 0.2) is 0 Å². The van der Waals surface area contributed by atoms with Crippen LogP contribution in [0.25, 0.3) is 97.7 Å². The first-order chi connectivity index (χ1) is 35.7. The Labute approximate surface area is 418 Å².